The lowest BCUT2D eigenvalue weighted by atomic mass is 9.94. The smallest absolute Gasteiger partial charge is 0.159 e. The highest BCUT2D eigenvalue weighted by molar-refractivity contribution is 6.19. The van der Waals surface area contributed by atoms with E-state index in [1.54, 1.807) is 0 Å². The van der Waals surface area contributed by atoms with Crippen molar-refractivity contribution in [3.05, 3.63) is 186 Å². The maximum Gasteiger partial charge on any atom is 0.159 e. The van der Waals surface area contributed by atoms with E-state index in [-0.39, 0.29) is 12.3 Å². The number of amidine groups is 1. The maximum absolute atomic E-state index is 6.89. The van der Waals surface area contributed by atoms with E-state index in [0.29, 0.717) is 0 Å². The second kappa shape index (κ2) is 12.7. The van der Waals surface area contributed by atoms with Gasteiger partial charge in [0.25, 0.3) is 0 Å². The molecule has 272 valence electrons. The lowest BCUT2D eigenvalue weighted by Crippen LogP contribution is -2.46. The number of hydrogen-bond acceptors (Lipinski definition) is 5. The molecule has 0 saturated carbocycles. The fourth-order valence-electron chi connectivity index (χ4n) is 9.27. The summed E-state index contributed by atoms with van der Waals surface area (Å²) in [4.78, 5) is 5.31. The Kier molecular flexibility index (Phi) is 7.16. The van der Waals surface area contributed by atoms with Crippen molar-refractivity contribution < 1.29 is 8.83 Å². The van der Waals surface area contributed by atoms with Gasteiger partial charge in [0.2, 0.25) is 0 Å². The molecule has 1 aliphatic carbocycles. The van der Waals surface area contributed by atoms with Crippen molar-refractivity contribution in [2.75, 3.05) is 0 Å². The van der Waals surface area contributed by atoms with Crippen LogP contribution in [0.3, 0.4) is 0 Å². The summed E-state index contributed by atoms with van der Waals surface area (Å²) >= 11 is 0. The molecule has 6 nitrogen and oxygen atoms in total. The number of aromatic nitrogens is 1. The van der Waals surface area contributed by atoms with Gasteiger partial charge in [-0.15, -0.1) is 0 Å². The van der Waals surface area contributed by atoms with Gasteiger partial charge in [0, 0.05) is 37.7 Å². The molecular weight excluding hydrogens is 701 g/mol. The minimum atomic E-state index is -0.214. The number of para-hydroxylation sites is 3. The quantitative estimate of drug-likeness (QED) is 0.185. The molecule has 2 aliphatic rings. The fraction of sp³-hybridized carbons (Fsp3) is 0.0784. The Morgan fingerprint density at radius 3 is 1.91 bits per heavy atom. The van der Waals surface area contributed by atoms with Crippen molar-refractivity contribution >= 4 is 72.2 Å². The zero-order chi connectivity index (χ0) is 37.5. The van der Waals surface area contributed by atoms with E-state index >= 15 is 0 Å². The molecule has 0 saturated heterocycles. The van der Waals surface area contributed by atoms with Crippen LogP contribution in [0.5, 0.6) is 0 Å². The Labute approximate surface area is 327 Å². The lowest BCUT2D eigenvalue weighted by molar-refractivity contribution is 0.409. The molecule has 0 bridgehead atoms. The molecule has 1 aliphatic heterocycles. The molecule has 7 aromatic carbocycles. The van der Waals surface area contributed by atoms with Crippen LogP contribution in [0.2, 0.25) is 0 Å². The maximum atomic E-state index is 6.89. The predicted octanol–water partition coefficient (Wildman–Crippen LogP) is 10.8. The highest BCUT2D eigenvalue weighted by Gasteiger charge is 2.29. The van der Waals surface area contributed by atoms with Crippen LogP contribution in [-0.2, 0) is 0 Å². The van der Waals surface area contributed by atoms with Crippen molar-refractivity contribution in [2.24, 2.45) is 4.99 Å². The second-order valence-electron chi connectivity index (χ2n) is 15.0. The molecule has 0 fully saturated rings. The SMILES string of the molecule is C1=c2c(oc3cccc(-c4cccc5oc6c(-n7c8ccccc8c8ccccc87)cccc6c45)c23)=C(C2=NC(c3ccccc3)NC(c3ccccc3)N2)CC1. The number of aliphatic imine (C=N–C) groups is 1. The molecule has 4 heterocycles. The molecule has 2 unspecified atom stereocenters. The van der Waals surface area contributed by atoms with E-state index in [0.717, 1.165) is 107 Å². The average molecular weight is 737 g/mol. The first-order valence-corrected chi connectivity index (χ1v) is 19.7. The van der Waals surface area contributed by atoms with E-state index < -0.39 is 0 Å². The van der Waals surface area contributed by atoms with Crippen LogP contribution in [0.15, 0.2) is 178 Å². The van der Waals surface area contributed by atoms with Gasteiger partial charge in [-0.3, -0.25) is 5.32 Å². The van der Waals surface area contributed by atoms with Crippen LogP contribution in [0.25, 0.3) is 83.2 Å². The lowest BCUT2D eigenvalue weighted by Gasteiger charge is -2.32. The highest BCUT2D eigenvalue weighted by Crippen LogP contribution is 2.42. The number of nitrogens with one attached hydrogen (secondary N) is 2. The Balaban J connectivity index is 1.06. The van der Waals surface area contributed by atoms with Crippen molar-refractivity contribution in [3.63, 3.8) is 0 Å². The summed E-state index contributed by atoms with van der Waals surface area (Å²) in [5.41, 5.74) is 12.4. The normalized spacial score (nSPS) is 16.9. The Morgan fingerprint density at radius 2 is 1.18 bits per heavy atom. The fourth-order valence-corrected chi connectivity index (χ4v) is 9.27. The van der Waals surface area contributed by atoms with Gasteiger partial charge in [-0.1, -0.05) is 140 Å². The largest absolute Gasteiger partial charge is 0.456 e. The van der Waals surface area contributed by atoms with Gasteiger partial charge in [-0.2, -0.15) is 0 Å². The van der Waals surface area contributed by atoms with Crippen LogP contribution in [0, 0.1) is 0 Å². The van der Waals surface area contributed by atoms with E-state index in [1.807, 2.05) is 6.07 Å². The third-order valence-electron chi connectivity index (χ3n) is 11.8. The van der Waals surface area contributed by atoms with Gasteiger partial charge < -0.3 is 18.7 Å². The second-order valence-corrected chi connectivity index (χ2v) is 15.0. The first-order valence-electron chi connectivity index (χ1n) is 19.7. The molecule has 3 aromatic heterocycles. The first-order chi connectivity index (χ1) is 28.3. The van der Waals surface area contributed by atoms with Gasteiger partial charge in [0.05, 0.1) is 16.7 Å². The summed E-state index contributed by atoms with van der Waals surface area (Å²) < 4.78 is 16.1. The van der Waals surface area contributed by atoms with Crippen molar-refractivity contribution in [3.8, 4) is 16.8 Å². The van der Waals surface area contributed by atoms with E-state index in [2.05, 4.69) is 179 Å². The number of furan rings is 2. The van der Waals surface area contributed by atoms with Crippen molar-refractivity contribution in [1.29, 1.82) is 0 Å². The minimum Gasteiger partial charge on any atom is -0.456 e. The number of hydrogen-bond donors (Lipinski definition) is 2. The molecule has 6 heteroatoms. The van der Waals surface area contributed by atoms with Crippen LogP contribution in [0.1, 0.15) is 36.3 Å². The van der Waals surface area contributed by atoms with E-state index in [4.69, 9.17) is 13.8 Å². The summed E-state index contributed by atoms with van der Waals surface area (Å²) in [5, 5.41) is 14.4. The molecule has 0 amide bonds. The Hall–Kier alpha value is -7.15. The Morgan fingerprint density at radius 1 is 0.561 bits per heavy atom. The summed E-state index contributed by atoms with van der Waals surface area (Å²) in [6, 6.07) is 57.6. The zero-order valence-electron chi connectivity index (χ0n) is 30.9. The Bertz CT molecular complexity index is 3320. The van der Waals surface area contributed by atoms with Gasteiger partial charge in [-0.25, -0.2) is 4.99 Å². The monoisotopic (exact) mass is 736 g/mol. The highest BCUT2D eigenvalue weighted by atomic mass is 16.3. The summed E-state index contributed by atoms with van der Waals surface area (Å²) in [7, 11) is 0. The van der Waals surface area contributed by atoms with Crippen molar-refractivity contribution in [2.45, 2.75) is 25.2 Å². The van der Waals surface area contributed by atoms with Crippen molar-refractivity contribution in [1.82, 2.24) is 15.2 Å². The summed E-state index contributed by atoms with van der Waals surface area (Å²) in [6.45, 7) is 0. The van der Waals surface area contributed by atoms with E-state index in [1.165, 1.54) is 10.8 Å². The summed E-state index contributed by atoms with van der Waals surface area (Å²) in [6.07, 6.45) is 3.71. The van der Waals surface area contributed by atoms with Crippen LogP contribution < -0.4 is 21.3 Å². The number of benzene rings is 7. The predicted molar refractivity (Wildman–Crippen MR) is 232 cm³/mol. The number of rotatable bonds is 5. The first kappa shape index (κ1) is 32.1. The van der Waals surface area contributed by atoms with Crippen LogP contribution in [-0.4, -0.2) is 10.4 Å². The molecular formula is C51H36N4O2. The summed E-state index contributed by atoms with van der Waals surface area (Å²) in [5.74, 6) is 0.868. The van der Waals surface area contributed by atoms with Crippen LogP contribution >= 0.6 is 0 Å². The van der Waals surface area contributed by atoms with Gasteiger partial charge in [0.15, 0.2) is 5.58 Å². The van der Waals surface area contributed by atoms with Crippen LogP contribution in [0.4, 0.5) is 0 Å². The molecule has 10 aromatic rings. The molecule has 0 spiro atoms. The molecule has 0 radical (unpaired) electrons. The van der Waals surface area contributed by atoms with Gasteiger partial charge >= 0.3 is 0 Å². The molecule has 57 heavy (non-hydrogen) atoms. The third kappa shape index (κ3) is 4.97. The number of nitrogens with zero attached hydrogens (tertiary/aromatic N) is 2. The minimum absolute atomic E-state index is 0.120. The number of fused-ring (bicyclic) bond motifs is 9. The van der Waals surface area contributed by atoms with Gasteiger partial charge in [-0.05, 0) is 65.4 Å². The van der Waals surface area contributed by atoms with Gasteiger partial charge in [0.1, 0.15) is 34.7 Å². The molecule has 2 atom stereocenters. The molecule has 12 rings (SSSR count). The third-order valence-corrected chi connectivity index (χ3v) is 11.8. The zero-order valence-corrected chi connectivity index (χ0v) is 30.9. The average Bonchev–Trinajstić information content (AvgIpc) is 3.97. The standard InChI is InChI=1S/C51H36N4O2/c1-3-15-31(16-4-1)49-52-50(32-17-5-2-6-18-32)54-51(53-49)39-25-11-23-37-45-35(21-13-29-43(45)56-47(37)39)36-22-14-30-44-46(36)38-24-12-28-42(48(38)57-44)55-40-26-9-7-19-33(40)34-20-8-10-27-41(34)55/h1-10,12-24,26-30,49-50,52H,11,25H2,(H,53,54). The topological polar surface area (TPSA) is 67.6 Å². The van der Waals surface area contributed by atoms with E-state index in [9.17, 15) is 0 Å². The molecule has 2 N–H and O–H groups in total.